The van der Waals surface area contributed by atoms with Crippen LogP contribution < -0.4 is 10.2 Å². The molecule has 0 amide bonds. The Morgan fingerprint density at radius 2 is 1.39 bits per heavy atom. The number of likely N-dealkylation sites (tertiary alicyclic amines) is 1. The van der Waals surface area contributed by atoms with E-state index in [0.717, 1.165) is 24.3 Å². The maximum atomic E-state index is 3.52. The fourth-order valence-corrected chi connectivity index (χ4v) is 7.48. The Bertz CT molecular complexity index is 1070. The Morgan fingerprint density at radius 1 is 0.707 bits per heavy atom. The molecule has 1 atom stereocenters. The van der Waals surface area contributed by atoms with E-state index in [9.17, 15) is 0 Å². The van der Waals surface area contributed by atoms with Gasteiger partial charge in [0.2, 0.25) is 0 Å². The fourth-order valence-electron chi connectivity index (χ4n) is 7.48. The lowest BCUT2D eigenvalue weighted by molar-refractivity contribution is 0.146. The third-order valence-corrected chi connectivity index (χ3v) is 10.4. The maximum absolute atomic E-state index is 3.52. The van der Waals surface area contributed by atoms with Crippen LogP contribution in [0.2, 0.25) is 0 Å². The molecule has 3 aliphatic heterocycles. The minimum absolute atomic E-state index is 0.572. The summed E-state index contributed by atoms with van der Waals surface area (Å²) in [6.45, 7) is 23.9. The van der Waals surface area contributed by atoms with Crippen LogP contribution in [-0.2, 0) is 13.0 Å². The molecule has 0 saturated carbocycles. The van der Waals surface area contributed by atoms with Crippen molar-refractivity contribution in [3.8, 4) is 0 Å². The maximum Gasteiger partial charge on any atom is 0.0372 e. The standard InChI is InChI=1S/C37H58N4/c1-28(2)35-8-6-7-32(22-35)27-39-15-11-34(12-16-39)30(5)21-33-23-36(29(3)4)25-37(24-33)41-19-17-40(18-20-41)26-31-9-13-38-14-10-31/h6-8,22-25,28-31,34,38H,9-21,26-27H2,1-5H3. The molecule has 3 saturated heterocycles. The summed E-state index contributed by atoms with van der Waals surface area (Å²) in [6, 6.07) is 16.8. The van der Waals surface area contributed by atoms with Gasteiger partial charge in [-0.1, -0.05) is 65.0 Å². The molecule has 5 rings (SSSR count). The van der Waals surface area contributed by atoms with E-state index in [4.69, 9.17) is 0 Å². The predicted octanol–water partition coefficient (Wildman–Crippen LogP) is 7.15. The first-order chi connectivity index (χ1) is 19.8. The first-order valence-corrected chi connectivity index (χ1v) is 17.0. The Labute approximate surface area is 251 Å². The molecule has 4 heteroatoms. The van der Waals surface area contributed by atoms with Crippen LogP contribution in [0.1, 0.15) is 94.4 Å². The molecular weight excluding hydrogens is 500 g/mol. The van der Waals surface area contributed by atoms with E-state index in [-0.39, 0.29) is 0 Å². The molecule has 41 heavy (non-hydrogen) atoms. The van der Waals surface area contributed by atoms with Gasteiger partial charge in [0.15, 0.2) is 0 Å². The lowest BCUT2D eigenvalue weighted by atomic mass is 9.81. The largest absolute Gasteiger partial charge is 0.369 e. The highest BCUT2D eigenvalue weighted by Crippen LogP contribution is 2.32. The number of nitrogens with zero attached hydrogens (tertiary/aromatic N) is 3. The zero-order valence-corrected chi connectivity index (χ0v) is 26.9. The fraction of sp³-hybridized carbons (Fsp3) is 0.676. The molecule has 4 nitrogen and oxygen atoms in total. The summed E-state index contributed by atoms with van der Waals surface area (Å²) >= 11 is 0. The van der Waals surface area contributed by atoms with Crippen molar-refractivity contribution in [3.63, 3.8) is 0 Å². The topological polar surface area (TPSA) is 21.8 Å². The van der Waals surface area contributed by atoms with E-state index < -0.39 is 0 Å². The van der Waals surface area contributed by atoms with Gasteiger partial charge < -0.3 is 10.2 Å². The van der Waals surface area contributed by atoms with Gasteiger partial charge in [-0.2, -0.15) is 0 Å². The highest BCUT2D eigenvalue weighted by atomic mass is 15.3. The summed E-state index contributed by atoms with van der Waals surface area (Å²) in [6.07, 6.45) is 6.58. The van der Waals surface area contributed by atoms with Gasteiger partial charge in [-0.3, -0.25) is 9.80 Å². The lowest BCUT2D eigenvalue weighted by Gasteiger charge is -2.39. The van der Waals surface area contributed by atoms with Gasteiger partial charge in [0.25, 0.3) is 0 Å². The van der Waals surface area contributed by atoms with E-state index in [1.165, 1.54) is 113 Å². The Balaban J connectivity index is 1.14. The Hall–Kier alpha value is -1.88. The minimum Gasteiger partial charge on any atom is -0.369 e. The van der Waals surface area contributed by atoms with Crippen molar-refractivity contribution < 1.29 is 0 Å². The molecule has 1 N–H and O–H groups in total. The third-order valence-electron chi connectivity index (χ3n) is 10.4. The number of nitrogens with one attached hydrogen (secondary N) is 1. The quantitative estimate of drug-likeness (QED) is 0.334. The van der Waals surface area contributed by atoms with Crippen molar-refractivity contribution in [1.29, 1.82) is 0 Å². The molecular formula is C37H58N4. The number of benzene rings is 2. The summed E-state index contributed by atoms with van der Waals surface area (Å²) in [4.78, 5) is 8.09. The summed E-state index contributed by atoms with van der Waals surface area (Å²) in [5.41, 5.74) is 7.49. The molecule has 2 aromatic carbocycles. The zero-order chi connectivity index (χ0) is 28.8. The van der Waals surface area contributed by atoms with Crippen LogP contribution in [-0.4, -0.2) is 68.7 Å². The first-order valence-electron chi connectivity index (χ1n) is 17.0. The summed E-state index contributed by atoms with van der Waals surface area (Å²) in [7, 11) is 0. The Morgan fingerprint density at radius 3 is 2.07 bits per heavy atom. The van der Waals surface area contributed by atoms with Crippen molar-refractivity contribution >= 4 is 5.69 Å². The smallest absolute Gasteiger partial charge is 0.0372 e. The van der Waals surface area contributed by atoms with Crippen molar-refractivity contribution in [2.24, 2.45) is 17.8 Å². The number of rotatable bonds is 10. The van der Waals surface area contributed by atoms with Crippen molar-refractivity contribution in [1.82, 2.24) is 15.1 Å². The van der Waals surface area contributed by atoms with Crippen molar-refractivity contribution in [3.05, 3.63) is 64.7 Å². The number of anilines is 1. The van der Waals surface area contributed by atoms with Gasteiger partial charge >= 0.3 is 0 Å². The van der Waals surface area contributed by atoms with Crippen LogP contribution in [0.15, 0.2) is 42.5 Å². The van der Waals surface area contributed by atoms with Gasteiger partial charge in [0.05, 0.1) is 0 Å². The van der Waals surface area contributed by atoms with Crippen LogP contribution in [0.5, 0.6) is 0 Å². The van der Waals surface area contributed by atoms with Crippen LogP contribution in [0.25, 0.3) is 0 Å². The molecule has 3 heterocycles. The van der Waals surface area contributed by atoms with Crippen molar-refractivity contribution in [2.75, 3.05) is 63.8 Å². The molecule has 1 unspecified atom stereocenters. The number of piperidine rings is 2. The third kappa shape index (κ3) is 8.58. The summed E-state index contributed by atoms with van der Waals surface area (Å²) < 4.78 is 0. The van der Waals surface area contributed by atoms with Crippen LogP contribution >= 0.6 is 0 Å². The number of hydrogen-bond acceptors (Lipinski definition) is 4. The van der Waals surface area contributed by atoms with Gasteiger partial charge in [0, 0.05) is 45.0 Å². The molecule has 0 radical (unpaired) electrons. The highest BCUT2D eigenvalue weighted by molar-refractivity contribution is 5.52. The molecule has 3 aliphatic rings. The molecule has 3 fully saturated rings. The van der Waals surface area contributed by atoms with E-state index in [0.29, 0.717) is 11.8 Å². The molecule has 0 aromatic heterocycles. The zero-order valence-electron chi connectivity index (χ0n) is 26.9. The molecule has 0 bridgehead atoms. The van der Waals surface area contributed by atoms with Gasteiger partial charge in [0.1, 0.15) is 0 Å². The van der Waals surface area contributed by atoms with E-state index in [1.807, 2.05) is 0 Å². The second-order valence-corrected chi connectivity index (χ2v) is 14.3. The minimum atomic E-state index is 0.572. The second kappa shape index (κ2) is 14.5. The SMILES string of the molecule is CC(C)c1cccc(CN2CCC(C(C)Cc3cc(C(C)C)cc(N4CCN(CC5CCNCC5)CC4)c3)CC2)c1. The van der Waals surface area contributed by atoms with Crippen molar-refractivity contribution in [2.45, 2.75) is 85.1 Å². The van der Waals surface area contributed by atoms with E-state index >= 15 is 0 Å². The van der Waals surface area contributed by atoms with E-state index in [1.54, 1.807) is 5.56 Å². The Kier molecular flexibility index (Phi) is 10.8. The summed E-state index contributed by atoms with van der Waals surface area (Å²) in [5.74, 6) is 3.63. The molecule has 0 spiro atoms. The average molecular weight is 559 g/mol. The molecule has 0 aliphatic carbocycles. The van der Waals surface area contributed by atoms with Gasteiger partial charge in [-0.25, -0.2) is 0 Å². The first kappa shape index (κ1) is 30.6. The lowest BCUT2D eigenvalue weighted by Crippen LogP contribution is -2.48. The van der Waals surface area contributed by atoms with E-state index in [2.05, 4.69) is 97.1 Å². The number of hydrogen-bond donors (Lipinski definition) is 1. The summed E-state index contributed by atoms with van der Waals surface area (Å²) in [5, 5.41) is 3.52. The van der Waals surface area contributed by atoms with Crippen LogP contribution in [0.3, 0.4) is 0 Å². The van der Waals surface area contributed by atoms with Gasteiger partial charge in [-0.05, 0) is 122 Å². The predicted molar refractivity (Wildman–Crippen MR) is 176 cm³/mol. The highest BCUT2D eigenvalue weighted by Gasteiger charge is 2.26. The molecule has 2 aromatic rings. The molecule has 226 valence electrons. The average Bonchev–Trinajstić information content (AvgIpc) is 2.98. The van der Waals surface area contributed by atoms with Gasteiger partial charge in [-0.15, -0.1) is 0 Å². The monoisotopic (exact) mass is 558 g/mol. The van der Waals surface area contributed by atoms with Crippen LogP contribution in [0, 0.1) is 17.8 Å². The number of piperazine rings is 1. The second-order valence-electron chi connectivity index (χ2n) is 14.3. The van der Waals surface area contributed by atoms with Crippen LogP contribution in [0.4, 0.5) is 5.69 Å². The normalized spacial score (nSPS) is 21.2.